The number of hydrogen-bond acceptors (Lipinski definition) is 3. The zero-order valence-electron chi connectivity index (χ0n) is 20.8. The van der Waals surface area contributed by atoms with E-state index in [9.17, 15) is 19.5 Å². The summed E-state index contributed by atoms with van der Waals surface area (Å²) in [4.78, 5) is 40.5. The Hall–Kier alpha value is -2.23. The summed E-state index contributed by atoms with van der Waals surface area (Å²) in [7, 11) is 0. The van der Waals surface area contributed by atoms with Gasteiger partial charge in [0.1, 0.15) is 0 Å². The number of carboxylic acid groups (broad SMARTS) is 1. The lowest BCUT2D eigenvalue weighted by atomic mass is 9.33. The molecular formula is C30H36O4. The number of carbonyl (C=O) groups excluding carboxylic acids is 2. The minimum atomic E-state index is -0.714. The van der Waals surface area contributed by atoms with Crippen LogP contribution in [0.5, 0.6) is 0 Å². The van der Waals surface area contributed by atoms with Gasteiger partial charge in [-0.05, 0) is 68.1 Å². The summed E-state index contributed by atoms with van der Waals surface area (Å²) in [6.45, 7) is 8.71. The Kier molecular flexibility index (Phi) is 4.53. The van der Waals surface area contributed by atoms with E-state index in [0.29, 0.717) is 17.0 Å². The second-order valence-corrected chi connectivity index (χ2v) is 12.8. The van der Waals surface area contributed by atoms with Crippen LogP contribution in [0.2, 0.25) is 0 Å². The number of benzene rings is 1. The molecule has 2 bridgehead atoms. The summed E-state index contributed by atoms with van der Waals surface area (Å²) in [5, 5.41) is 10.3. The zero-order chi connectivity index (χ0) is 24.2. The fourth-order valence-electron chi connectivity index (χ4n) is 9.86. The lowest BCUT2D eigenvalue weighted by Crippen LogP contribution is -2.67. The van der Waals surface area contributed by atoms with E-state index in [1.54, 1.807) is 0 Å². The van der Waals surface area contributed by atoms with Crippen molar-refractivity contribution in [3.63, 3.8) is 0 Å². The standard InChI is InChI=1S/C30H36O4/c1-16(2)20-15-30-13-10-21-28(3,11-7-12-29(21,4)27(33)34)22(30)14-19(20)23-24(30)26(32)18-9-6-5-8-17(18)25(23)31/h5-6,8-9,15-16,19,21-24H,7,10-14H2,1-4H3,(H,33,34). The van der Waals surface area contributed by atoms with Crippen LogP contribution in [0, 0.1) is 51.8 Å². The molecular weight excluding hydrogens is 424 g/mol. The van der Waals surface area contributed by atoms with E-state index < -0.39 is 11.4 Å². The molecule has 1 N–H and O–H groups in total. The Morgan fingerprint density at radius 1 is 1.00 bits per heavy atom. The van der Waals surface area contributed by atoms with Crippen LogP contribution in [0.1, 0.15) is 86.9 Å². The molecule has 0 saturated heterocycles. The molecule has 3 fully saturated rings. The Morgan fingerprint density at radius 2 is 1.68 bits per heavy atom. The van der Waals surface area contributed by atoms with Gasteiger partial charge in [0, 0.05) is 28.4 Å². The predicted octanol–water partition coefficient (Wildman–Crippen LogP) is 6.21. The number of Topliss-reactive ketones (excluding diaryl/α,β-unsaturated/α-hetero) is 2. The van der Waals surface area contributed by atoms with Crippen LogP contribution in [-0.2, 0) is 4.79 Å². The van der Waals surface area contributed by atoms with E-state index in [-0.39, 0.29) is 52.0 Å². The van der Waals surface area contributed by atoms with E-state index in [1.807, 2.05) is 31.2 Å². The SMILES string of the molecule is CC(C)C1=CC23CCC4C(C)(C(=O)O)CCCC4(C)C2CC1C1C(=O)c2ccccc2C(=O)C13. The van der Waals surface area contributed by atoms with Gasteiger partial charge in [0.2, 0.25) is 0 Å². The minimum absolute atomic E-state index is 0.0790. The maximum absolute atomic E-state index is 14.1. The third-order valence-electron chi connectivity index (χ3n) is 11.2. The highest BCUT2D eigenvalue weighted by molar-refractivity contribution is 6.17. The molecule has 6 aliphatic rings. The van der Waals surface area contributed by atoms with Crippen LogP contribution in [0.15, 0.2) is 35.9 Å². The van der Waals surface area contributed by atoms with Gasteiger partial charge in [0.15, 0.2) is 11.6 Å². The zero-order valence-corrected chi connectivity index (χ0v) is 20.8. The number of rotatable bonds is 2. The molecule has 7 rings (SSSR count). The summed E-state index contributed by atoms with van der Waals surface area (Å²) in [5.41, 5.74) is 1.37. The Morgan fingerprint density at radius 3 is 2.32 bits per heavy atom. The van der Waals surface area contributed by atoms with E-state index >= 15 is 0 Å². The Balaban J connectivity index is 1.55. The van der Waals surface area contributed by atoms with Gasteiger partial charge < -0.3 is 5.11 Å². The lowest BCUT2D eigenvalue weighted by molar-refractivity contribution is -0.189. The first-order valence-electron chi connectivity index (χ1n) is 13.2. The number of hydrogen-bond donors (Lipinski definition) is 1. The summed E-state index contributed by atoms with van der Waals surface area (Å²) < 4.78 is 0. The summed E-state index contributed by atoms with van der Waals surface area (Å²) in [6, 6.07) is 7.40. The van der Waals surface area contributed by atoms with Gasteiger partial charge in [0.05, 0.1) is 5.41 Å². The molecule has 4 nitrogen and oxygen atoms in total. The van der Waals surface area contributed by atoms with E-state index in [2.05, 4.69) is 26.8 Å². The number of carboxylic acids is 1. The first-order chi connectivity index (χ1) is 16.1. The molecule has 0 heterocycles. The van der Waals surface area contributed by atoms with Crippen LogP contribution >= 0.6 is 0 Å². The molecule has 8 atom stereocenters. The van der Waals surface area contributed by atoms with Crippen molar-refractivity contribution in [2.45, 2.75) is 66.2 Å². The van der Waals surface area contributed by atoms with Crippen molar-refractivity contribution < 1.29 is 19.5 Å². The molecule has 0 radical (unpaired) electrons. The normalized spacial score (nSPS) is 44.6. The summed E-state index contributed by atoms with van der Waals surface area (Å²) in [6.07, 6.45) is 7.65. The van der Waals surface area contributed by atoms with Gasteiger partial charge in [-0.15, -0.1) is 0 Å². The largest absolute Gasteiger partial charge is 0.481 e. The monoisotopic (exact) mass is 460 g/mol. The third-order valence-corrected chi connectivity index (χ3v) is 11.2. The molecule has 1 aromatic rings. The highest BCUT2D eigenvalue weighted by atomic mass is 16.4. The average Bonchev–Trinajstić information content (AvgIpc) is 2.81. The van der Waals surface area contributed by atoms with Crippen molar-refractivity contribution >= 4 is 17.5 Å². The Bertz CT molecular complexity index is 1150. The third kappa shape index (κ3) is 2.48. The lowest BCUT2D eigenvalue weighted by Gasteiger charge is -2.70. The van der Waals surface area contributed by atoms with E-state index in [4.69, 9.17) is 0 Å². The second kappa shape index (κ2) is 6.92. The van der Waals surface area contributed by atoms with Crippen molar-refractivity contribution in [1.29, 1.82) is 0 Å². The fourth-order valence-corrected chi connectivity index (χ4v) is 9.86. The first kappa shape index (κ1) is 22.2. The molecule has 3 saturated carbocycles. The average molecular weight is 461 g/mol. The molecule has 0 aliphatic heterocycles. The molecule has 6 aliphatic carbocycles. The fraction of sp³-hybridized carbons (Fsp3) is 0.633. The van der Waals surface area contributed by atoms with Crippen LogP contribution in [-0.4, -0.2) is 22.6 Å². The molecule has 0 aromatic heterocycles. The number of carbonyl (C=O) groups is 3. The highest BCUT2D eigenvalue weighted by Crippen LogP contribution is 2.74. The van der Waals surface area contributed by atoms with Crippen molar-refractivity contribution in [3.8, 4) is 0 Å². The maximum Gasteiger partial charge on any atom is 0.309 e. The van der Waals surface area contributed by atoms with Gasteiger partial charge >= 0.3 is 5.97 Å². The van der Waals surface area contributed by atoms with Crippen LogP contribution in [0.25, 0.3) is 0 Å². The van der Waals surface area contributed by atoms with Gasteiger partial charge in [-0.3, -0.25) is 14.4 Å². The van der Waals surface area contributed by atoms with Gasteiger partial charge in [-0.2, -0.15) is 0 Å². The molecule has 0 amide bonds. The summed E-state index contributed by atoms with van der Waals surface area (Å²) in [5.74, 6) is -0.179. The molecule has 4 heteroatoms. The van der Waals surface area contributed by atoms with Crippen molar-refractivity contribution in [2.75, 3.05) is 0 Å². The first-order valence-corrected chi connectivity index (χ1v) is 13.2. The predicted molar refractivity (Wildman–Crippen MR) is 129 cm³/mol. The number of fused-ring (bicyclic) bond motifs is 2. The smallest absolute Gasteiger partial charge is 0.309 e. The number of allylic oxidation sites excluding steroid dienone is 2. The topological polar surface area (TPSA) is 71.4 Å². The minimum Gasteiger partial charge on any atom is -0.481 e. The van der Waals surface area contributed by atoms with E-state index in [0.717, 1.165) is 38.5 Å². The van der Waals surface area contributed by atoms with Gasteiger partial charge in [0.25, 0.3) is 0 Å². The molecule has 8 unspecified atom stereocenters. The Labute approximate surface area is 202 Å². The van der Waals surface area contributed by atoms with Crippen molar-refractivity contribution in [2.24, 2.45) is 51.8 Å². The summed E-state index contributed by atoms with van der Waals surface area (Å²) >= 11 is 0. The van der Waals surface area contributed by atoms with Crippen LogP contribution in [0.3, 0.4) is 0 Å². The maximum atomic E-state index is 14.1. The highest BCUT2D eigenvalue weighted by Gasteiger charge is 2.71. The quantitative estimate of drug-likeness (QED) is 0.533. The van der Waals surface area contributed by atoms with Crippen LogP contribution in [0.4, 0.5) is 0 Å². The van der Waals surface area contributed by atoms with Gasteiger partial charge in [-0.25, -0.2) is 0 Å². The van der Waals surface area contributed by atoms with Gasteiger partial charge in [-0.1, -0.05) is 63.1 Å². The van der Waals surface area contributed by atoms with Crippen molar-refractivity contribution in [1.82, 2.24) is 0 Å². The molecule has 180 valence electrons. The van der Waals surface area contributed by atoms with Crippen molar-refractivity contribution in [3.05, 3.63) is 47.0 Å². The molecule has 1 spiro atoms. The number of ketones is 2. The second-order valence-electron chi connectivity index (χ2n) is 12.8. The molecule has 34 heavy (non-hydrogen) atoms. The molecule has 1 aromatic carbocycles. The van der Waals surface area contributed by atoms with Crippen LogP contribution < -0.4 is 0 Å². The van der Waals surface area contributed by atoms with E-state index in [1.165, 1.54) is 5.57 Å². The number of aliphatic carboxylic acids is 1.